The zero-order valence-corrected chi connectivity index (χ0v) is 7.97. The van der Waals surface area contributed by atoms with E-state index >= 15 is 0 Å². The van der Waals surface area contributed by atoms with Crippen LogP contribution in [0, 0.1) is 0 Å². The second-order valence-electron chi connectivity index (χ2n) is 3.48. The van der Waals surface area contributed by atoms with E-state index in [4.69, 9.17) is 9.44 Å². The molecule has 0 atom stereocenters. The lowest BCUT2D eigenvalue weighted by Gasteiger charge is -1.93. The molecule has 2 nitrogen and oxygen atoms in total. The second-order valence-corrected chi connectivity index (χ2v) is 3.48. The maximum Gasteiger partial charge on any atom is 0.326 e. The number of para-hydroxylation sites is 1. The predicted octanol–water partition coefficient (Wildman–Crippen LogP) is 1.82. The molecule has 0 aliphatic rings. The summed E-state index contributed by atoms with van der Waals surface area (Å²) in [5.41, 5.74) is 2.51. The van der Waals surface area contributed by atoms with Gasteiger partial charge in [0.25, 0.3) is 0 Å². The first-order valence-corrected chi connectivity index (χ1v) is 4.77. The highest BCUT2D eigenvalue weighted by molar-refractivity contribution is 6.46. The molecule has 3 rings (SSSR count). The standard InChI is InChI=1S/C12H8BO2/c14-13-8-5-6-12-10(7-8)9-3-1-2-4-11(9)15-12/h1-7,14H. The molecule has 0 aliphatic carbocycles. The normalized spacial score (nSPS) is 11.0. The van der Waals surface area contributed by atoms with E-state index in [0.29, 0.717) is 0 Å². The number of benzene rings is 2. The number of furan rings is 1. The Morgan fingerprint density at radius 3 is 2.60 bits per heavy atom. The van der Waals surface area contributed by atoms with E-state index in [1.165, 1.54) is 0 Å². The fourth-order valence-electron chi connectivity index (χ4n) is 1.82. The average molecular weight is 195 g/mol. The van der Waals surface area contributed by atoms with Crippen LogP contribution in [0.25, 0.3) is 21.9 Å². The van der Waals surface area contributed by atoms with Crippen molar-refractivity contribution in [1.29, 1.82) is 0 Å². The van der Waals surface area contributed by atoms with Gasteiger partial charge in [-0.1, -0.05) is 35.8 Å². The Morgan fingerprint density at radius 1 is 0.933 bits per heavy atom. The Labute approximate surface area is 87.4 Å². The molecule has 0 unspecified atom stereocenters. The molecule has 0 fully saturated rings. The Hall–Kier alpha value is -1.74. The van der Waals surface area contributed by atoms with Gasteiger partial charge in [-0.25, -0.2) is 0 Å². The van der Waals surface area contributed by atoms with Crippen molar-refractivity contribution in [2.24, 2.45) is 0 Å². The lowest BCUT2D eigenvalue weighted by Crippen LogP contribution is -2.11. The number of rotatable bonds is 1. The number of hydrogen-bond donors (Lipinski definition) is 1. The first-order valence-electron chi connectivity index (χ1n) is 4.77. The van der Waals surface area contributed by atoms with E-state index < -0.39 is 0 Å². The summed E-state index contributed by atoms with van der Waals surface area (Å²) in [6.45, 7) is 0. The molecule has 1 radical (unpaired) electrons. The van der Waals surface area contributed by atoms with Gasteiger partial charge in [0.2, 0.25) is 0 Å². The highest BCUT2D eigenvalue weighted by Gasteiger charge is 2.06. The maximum atomic E-state index is 8.95. The van der Waals surface area contributed by atoms with Gasteiger partial charge < -0.3 is 9.44 Å². The minimum Gasteiger partial charge on any atom is -0.456 e. The Bertz CT molecular complexity index is 628. The monoisotopic (exact) mass is 195 g/mol. The lowest BCUT2D eigenvalue weighted by atomic mass is 9.88. The van der Waals surface area contributed by atoms with Crippen molar-refractivity contribution in [3.63, 3.8) is 0 Å². The summed E-state index contributed by atoms with van der Waals surface area (Å²) in [7, 11) is 1.10. The summed E-state index contributed by atoms with van der Waals surface area (Å²) in [4.78, 5) is 0. The molecule has 1 heterocycles. The van der Waals surface area contributed by atoms with Gasteiger partial charge in [0.05, 0.1) is 0 Å². The van der Waals surface area contributed by atoms with E-state index in [9.17, 15) is 0 Å². The zero-order valence-electron chi connectivity index (χ0n) is 7.97. The smallest absolute Gasteiger partial charge is 0.326 e. The van der Waals surface area contributed by atoms with E-state index in [1.807, 2.05) is 42.5 Å². The van der Waals surface area contributed by atoms with Crippen molar-refractivity contribution in [2.75, 3.05) is 0 Å². The third-order valence-corrected chi connectivity index (χ3v) is 2.55. The Kier molecular flexibility index (Phi) is 1.79. The summed E-state index contributed by atoms with van der Waals surface area (Å²) in [6.07, 6.45) is 0. The first-order chi connectivity index (χ1) is 7.38. The summed E-state index contributed by atoms with van der Waals surface area (Å²) < 4.78 is 5.66. The van der Waals surface area contributed by atoms with Crippen LogP contribution < -0.4 is 5.46 Å². The Morgan fingerprint density at radius 2 is 1.73 bits per heavy atom. The van der Waals surface area contributed by atoms with Crippen LogP contribution in [-0.2, 0) is 0 Å². The summed E-state index contributed by atoms with van der Waals surface area (Å²) in [5.74, 6) is 0. The zero-order chi connectivity index (χ0) is 10.3. The molecule has 71 valence electrons. The average Bonchev–Trinajstić information content (AvgIpc) is 2.66. The molecule has 1 N–H and O–H groups in total. The van der Waals surface area contributed by atoms with Crippen LogP contribution in [0.3, 0.4) is 0 Å². The lowest BCUT2D eigenvalue weighted by molar-refractivity contribution is 0.615. The van der Waals surface area contributed by atoms with Crippen molar-refractivity contribution in [2.45, 2.75) is 0 Å². The van der Waals surface area contributed by atoms with Crippen LogP contribution in [0.15, 0.2) is 46.9 Å². The molecular formula is C12H8BO2. The molecule has 3 heteroatoms. The molecule has 2 aromatic carbocycles. The largest absolute Gasteiger partial charge is 0.456 e. The second kappa shape index (κ2) is 3.14. The van der Waals surface area contributed by atoms with Crippen molar-refractivity contribution in [3.8, 4) is 0 Å². The van der Waals surface area contributed by atoms with E-state index in [0.717, 1.165) is 34.9 Å². The molecule has 0 bridgehead atoms. The van der Waals surface area contributed by atoms with Gasteiger partial charge in [-0.05, 0) is 12.1 Å². The van der Waals surface area contributed by atoms with Crippen molar-refractivity contribution < 1.29 is 9.44 Å². The molecule has 0 spiro atoms. The molecule has 1 aromatic heterocycles. The summed E-state index contributed by atoms with van der Waals surface area (Å²) in [6, 6.07) is 13.5. The first kappa shape index (κ1) is 8.56. The number of hydrogen-bond acceptors (Lipinski definition) is 2. The van der Waals surface area contributed by atoms with Crippen LogP contribution in [0.1, 0.15) is 0 Å². The third-order valence-electron chi connectivity index (χ3n) is 2.55. The molecule has 0 aliphatic heterocycles. The SMILES string of the molecule is O[B]c1ccc2oc3ccccc3c2c1. The van der Waals surface area contributed by atoms with E-state index in [-0.39, 0.29) is 0 Å². The fourth-order valence-corrected chi connectivity index (χ4v) is 1.82. The summed E-state index contributed by atoms with van der Waals surface area (Å²) >= 11 is 0. The van der Waals surface area contributed by atoms with Crippen molar-refractivity contribution >= 4 is 34.9 Å². The van der Waals surface area contributed by atoms with Crippen LogP contribution in [0.5, 0.6) is 0 Å². The van der Waals surface area contributed by atoms with Gasteiger partial charge in [0.15, 0.2) is 0 Å². The topological polar surface area (TPSA) is 33.4 Å². The van der Waals surface area contributed by atoms with Gasteiger partial charge >= 0.3 is 7.48 Å². The highest BCUT2D eigenvalue weighted by Crippen LogP contribution is 2.27. The van der Waals surface area contributed by atoms with Crippen molar-refractivity contribution in [1.82, 2.24) is 0 Å². The van der Waals surface area contributed by atoms with E-state index in [1.54, 1.807) is 0 Å². The molecule has 0 saturated carbocycles. The number of fused-ring (bicyclic) bond motifs is 3. The van der Waals surface area contributed by atoms with Gasteiger partial charge in [0.1, 0.15) is 11.2 Å². The van der Waals surface area contributed by atoms with E-state index in [2.05, 4.69) is 0 Å². The molecule has 0 amide bonds. The minimum absolute atomic E-state index is 0.786. The van der Waals surface area contributed by atoms with Crippen LogP contribution in [-0.4, -0.2) is 12.5 Å². The fraction of sp³-hybridized carbons (Fsp3) is 0. The van der Waals surface area contributed by atoms with Gasteiger partial charge in [-0.2, -0.15) is 0 Å². The van der Waals surface area contributed by atoms with Gasteiger partial charge in [-0.3, -0.25) is 0 Å². The van der Waals surface area contributed by atoms with Crippen molar-refractivity contribution in [3.05, 3.63) is 42.5 Å². The van der Waals surface area contributed by atoms with Crippen LogP contribution in [0.4, 0.5) is 0 Å². The molecular weight excluding hydrogens is 187 g/mol. The minimum atomic E-state index is 0.786. The maximum absolute atomic E-state index is 8.95. The Balaban J connectivity index is 2.46. The predicted molar refractivity (Wildman–Crippen MR) is 61.3 cm³/mol. The van der Waals surface area contributed by atoms with Gasteiger partial charge in [-0.15, -0.1) is 0 Å². The van der Waals surface area contributed by atoms with Crippen LogP contribution in [0.2, 0.25) is 0 Å². The molecule has 0 saturated heterocycles. The highest BCUT2D eigenvalue weighted by atomic mass is 16.3. The quantitative estimate of drug-likeness (QED) is 0.600. The third kappa shape index (κ3) is 1.24. The summed E-state index contributed by atoms with van der Waals surface area (Å²) in [5, 5.41) is 11.1. The van der Waals surface area contributed by atoms with Crippen LogP contribution >= 0.6 is 0 Å². The molecule has 3 aromatic rings. The van der Waals surface area contributed by atoms with Gasteiger partial charge in [0, 0.05) is 10.8 Å². The molecule has 15 heavy (non-hydrogen) atoms.